The Hall–Kier alpha value is -3.29. The molecule has 0 saturated carbocycles. The van der Waals surface area contributed by atoms with Gasteiger partial charge in [0.15, 0.2) is 0 Å². The molecule has 0 aliphatic carbocycles. The molecule has 1 aromatic carbocycles. The van der Waals surface area contributed by atoms with Crippen molar-refractivity contribution in [3.8, 4) is 11.1 Å². The predicted octanol–water partition coefficient (Wildman–Crippen LogP) is 5.74. The molecule has 0 radical (unpaired) electrons. The number of carbonyl (C=O) groups is 2. The summed E-state index contributed by atoms with van der Waals surface area (Å²) in [4.78, 5) is 33.4. The number of hydrogen-bond acceptors (Lipinski definition) is 6. The van der Waals surface area contributed by atoms with Crippen LogP contribution in [0.3, 0.4) is 0 Å². The van der Waals surface area contributed by atoms with Crippen molar-refractivity contribution in [3.05, 3.63) is 53.9 Å². The summed E-state index contributed by atoms with van der Waals surface area (Å²) in [6.07, 6.45) is 5.14. The number of rotatable bonds is 7. The van der Waals surface area contributed by atoms with Crippen LogP contribution < -0.4 is 5.32 Å². The zero-order chi connectivity index (χ0) is 28.5. The van der Waals surface area contributed by atoms with Crippen molar-refractivity contribution in [1.82, 2.24) is 20.2 Å². The molecule has 4 atom stereocenters. The van der Waals surface area contributed by atoms with Gasteiger partial charge in [0.05, 0.1) is 12.6 Å². The highest BCUT2D eigenvalue weighted by atomic mass is 16.2. The minimum absolute atomic E-state index is 0.0315. The summed E-state index contributed by atoms with van der Waals surface area (Å²) < 4.78 is 0. The molecule has 1 aromatic heterocycles. The highest BCUT2D eigenvalue weighted by molar-refractivity contribution is 5.90. The summed E-state index contributed by atoms with van der Waals surface area (Å²) in [6, 6.07) is 9.11. The summed E-state index contributed by atoms with van der Waals surface area (Å²) in [5.74, 6) is -0.113. The quantitative estimate of drug-likeness (QED) is 0.493. The van der Waals surface area contributed by atoms with Gasteiger partial charge in [-0.3, -0.25) is 19.6 Å². The Labute approximate surface area is 233 Å². The molecule has 0 spiro atoms. The van der Waals surface area contributed by atoms with Crippen LogP contribution in [0.15, 0.2) is 53.1 Å². The topological polar surface area (TPSA) is 90.3 Å². The minimum atomic E-state index is -0.480. The van der Waals surface area contributed by atoms with Crippen LogP contribution in [0.5, 0.6) is 0 Å². The van der Waals surface area contributed by atoms with E-state index in [-0.39, 0.29) is 34.7 Å². The van der Waals surface area contributed by atoms with Crippen LogP contribution in [0.25, 0.3) is 11.1 Å². The number of nitrogens with one attached hydrogen (secondary N) is 1. The Balaban J connectivity index is 1.44. The van der Waals surface area contributed by atoms with Crippen molar-refractivity contribution >= 4 is 11.8 Å². The number of likely N-dealkylation sites (tertiary alicyclic amines) is 1. The number of aryl methyl sites for hydroxylation is 1. The van der Waals surface area contributed by atoms with E-state index in [1.807, 2.05) is 50.2 Å². The number of nitrogens with zero attached hydrogens (tertiary/aromatic N) is 5. The molecule has 210 valence electrons. The van der Waals surface area contributed by atoms with Gasteiger partial charge in [-0.25, -0.2) is 0 Å². The van der Waals surface area contributed by atoms with Crippen molar-refractivity contribution in [2.45, 2.75) is 91.9 Å². The molecule has 2 aliphatic heterocycles. The number of hydrogen-bond donors (Lipinski definition) is 1. The van der Waals surface area contributed by atoms with Gasteiger partial charge in [0.2, 0.25) is 11.8 Å². The maximum Gasteiger partial charge on any atom is 0.248 e. The average molecular weight is 533 g/mol. The van der Waals surface area contributed by atoms with Gasteiger partial charge < -0.3 is 10.2 Å². The molecule has 39 heavy (non-hydrogen) atoms. The summed E-state index contributed by atoms with van der Waals surface area (Å²) in [5.41, 5.74) is 3.92. The molecule has 2 aliphatic rings. The Bertz CT molecular complexity index is 1220. The zero-order valence-corrected chi connectivity index (χ0v) is 24.7. The molecule has 1 fully saturated rings. The van der Waals surface area contributed by atoms with Crippen LogP contribution in [0.2, 0.25) is 0 Å². The molecular weight excluding hydrogens is 488 g/mol. The molecule has 2 unspecified atom stereocenters. The van der Waals surface area contributed by atoms with Gasteiger partial charge in [-0.1, -0.05) is 64.1 Å². The fraction of sp³-hybridized carbons (Fsp3) is 0.581. The Morgan fingerprint density at radius 1 is 1.10 bits per heavy atom. The molecule has 1 saturated heterocycles. The monoisotopic (exact) mass is 532 g/mol. The predicted molar refractivity (Wildman–Crippen MR) is 154 cm³/mol. The van der Waals surface area contributed by atoms with E-state index < -0.39 is 12.1 Å². The third-order valence-corrected chi connectivity index (χ3v) is 8.63. The molecule has 2 amide bonds. The highest BCUT2D eigenvalue weighted by Crippen LogP contribution is 2.39. The number of aromatic nitrogens is 1. The SMILES string of the molecule is Cc1ccncc1-c1ccc(C(C)NC(=O)[C@@H]2CCCN2C(=O)[C@H](C(C)C)N2CC(C)(C(C)(C)C)N=N2)cc1. The smallest absolute Gasteiger partial charge is 0.248 e. The fourth-order valence-corrected chi connectivity index (χ4v) is 5.42. The van der Waals surface area contributed by atoms with Crippen LogP contribution in [0.4, 0.5) is 0 Å². The maximum absolute atomic E-state index is 13.9. The van der Waals surface area contributed by atoms with E-state index in [2.05, 4.69) is 67.4 Å². The van der Waals surface area contributed by atoms with E-state index in [9.17, 15) is 9.59 Å². The third-order valence-electron chi connectivity index (χ3n) is 8.63. The lowest BCUT2D eigenvalue weighted by atomic mass is 9.75. The van der Waals surface area contributed by atoms with Crippen LogP contribution >= 0.6 is 0 Å². The van der Waals surface area contributed by atoms with E-state index in [0.717, 1.165) is 23.1 Å². The normalized spacial score (nSPS) is 22.8. The van der Waals surface area contributed by atoms with Crippen LogP contribution in [-0.2, 0) is 9.59 Å². The lowest BCUT2D eigenvalue weighted by Crippen LogP contribution is -2.55. The largest absolute Gasteiger partial charge is 0.348 e. The van der Waals surface area contributed by atoms with E-state index in [4.69, 9.17) is 0 Å². The zero-order valence-electron chi connectivity index (χ0n) is 24.7. The first kappa shape index (κ1) is 28.7. The summed E-state index contributed by atoms with van der Waals surface area (Å²) in [6.45, 7) is 17.8. The van der Waals surface area contributed by atoms with Crippen LogP contribution in [0, 0.1) is 18.3 Å². The minimum Gasteiger partial charge on any atom is -0.348 e. The Kier molecular flexibility index (Phi) is 8.14. The molecule has 8 heteroatoms. The van der Waals surface area contributed by atoms with Crippen molar-refractivity contribution < 1.29 is 9.59 Å². The fourth-order valence-electron chi connectivity index (χ4n) is 5.42. The van der Waals surface area contributed by atoms with Crippen molar-refractivity contribution in [3.63, 3.8) is 0 Å². The highest BCUT2D eigenvalue weighted by Gasteiger charge is 2.48. The summed E-state index contributed by atoms with van der Waals surface area (Å²) in [5, 5.41) is 14.1. The van der Waals surface area contributed by atoms with E-state index in [1.54, 1.807) is 11.1 Å². The van der Waals surface area contributed by atoms with E-state index in [1.165, 1.54) is 5.56 Å². The van der Waals surface area contributed by atoms with Crippen molar-refractivity contribution in [1.29, 1.82) is 0 Å². The lowest BCUT2D eigenvalue weighted by molar-refractivity contribution is -0.144. The molecule has 8 nitrogen and oxygen atoms in total. The summed E-state index contributed by atoms with van der Waals surface area (Å²) >= 11 is 0. The summed E-state index contributed by atoms with van der Waals surface area (Å²) in [7, 11) is 0. The lowest BCUT2D eigenvalue weighted by Gasteiger charge is -2.38. The van der Waals surface area contributed by atoms with Crippen LogP contribution in [-0.4, -0.2) is 57.4 Å². The van der Waals surface area contributed by atoms with Gasteiger partial charge in [0.25, 0.3) is 0 Å². The van der Waals surface area contributed by atoms with Gasteiger partial charge >= 0.3 is 0 Å². The molecule has 3 heterocycles. The first-order valence-electron chi connectivity index (χ1n) is 14.1. The van der Waals surface area contributed by atoms with Gasteiger partial charge in [-0.05, 0) is 67.7 Å². The number of carbonyl (C=O) groups excluding carboxylic acids is 2. The second-order valence-electron chi connectivity index (χ2n) is 12.7. The molecule has 0 bridgehead atoms. The number of pyridine rings is 1. The molecule has 1 N–H and O–H groups in total. The van der Waals surface area contributed by atoms with Gasteiger partial charge in [0.1, 0.15) is 17.6 Å². The first-order chi connectivity index (χ1) is 18.3. The standard InChI is InChI=1S/C31H44N6O2/c1-20(2)27(37-19-31(8,34-35-37)30(5,6)7)29(39)36-17-9-10-26(36)28(38)33-22(4)23-11-13-24(14-12-23)25-18-32-16-15-21(25)3/h11-16,18,20,22,26-27H,9-10,17,19H2,1-8H3,(H,33,38)/t22?,26-,27-,31?/m0/s1. The second kappa shape index (κ2) is 11.1. The third kappa shape index (κ3) is 5.85. The van der Waals surface area contributed by atoms with Gasteiger partial charge in [-0.2, -0.15) is 5.11 Å². The first-order valence-corrected chi connectivity index (χ1v) is 14.1. The van der Waals surface area contributed by atoms with Gasteiger partial charge in [0, 0.05) is 24.5 Å². The van der Waals surface area contributed by atoms with Crippen LogP contribution in [0.1, 0.15) is 78.5 Å². The van der Waals surface area contributed by atoms with Crippen molar-refractivity contribution in [2.24, 2.45) is 21.7 Å². The number of benzene rings is 1. The van der Waals surface area contributed by atoms with Gasteiger partial charge in [-0.15, -0.1) is 0 Å². The average Bonchev–Trinajstić information content (AvgIpc) is 3.52. The maximum atomic E-state index is 13.9. The Morgan fingerprint density at radius 3 is 2.38 bits per heavy atom. The van der Waals surface area contributed by atoms with Crippen molar-refractivity contribution in [2.75, 3.05) is 13.1 Å². The number of amides is 2. The molecule has 2 aromatic rings. The second-order valence-corrected chi connectivity index (χ2v) is 12.7. The Morgan fingerprint density at radius 2 is 1.79 bits per heavy atom. The molecular formula is C31H44N6O2. The van der Waals surface area contributed by atoms with E-state index >= 15 is 0 Å². The molecule has 4 rings (SSSR count). The van der Waals surface area contributed by atoms with E-state index in [0.29, 0.717) is 19.5 Å².